The summed E-state index contributed by atoms with van der Waals surface area (Å²) in [6, 6.07) is 0.206. The minimum absolute atomic E-state index is 0.109. The molecule has 0 aromatic heterocycles. The summed E-state index contributed by atoms with van der Waals surface area (Å²) < 4.78 is 6.27. The van der Waals surface area contributed by atoms with Crippen LogP contribution < -0.4 is 11.5 Å². The first-order valence-corrected chi connectivity index (χ1v) is 13.2. The zero-order valence-corrected chi connectivity index (χ0v) is 21.0. The molecule has 3 aliphatic rings. The van der Waals surface area contributed by atoms with Crippen LogP contribution in [0.5, 0.6) is 0 Å². The fraction of sp³-hybridized carbons (Fsp3) is 0.880. The Morgan fingerprint density at radius 1 is 1.06 bits per heavy atom. The highest BCUT2D eigenvalue weighted by atomic mass is 16.5. The van der Waals surface area contributed by atoms with Gasteiger partial charge in [-0.1, -0.05) is 20.3 Å². The Hall–Kier alpha value is -1.71. The van der Waals surface area contributed by atoms with Crippen LogP contribution in [0.3, 0.4) is 0 Å². The van der Waals surface area contributed by atoms with E-state index in [4.69, 9.17) is 21.3 Å². The average molecular weight is 480 g/mol. The van der Waals surface area contributed by atoms with E-state index in [2.05, 4.69) is 23.7 Å². The van der Waals surface area contributed by atoms with Crippen molar-refractivity contribution in [2.45, 2.75) is 102 Å². The van der Waals surface area contributed by atoms with Crippen LogP contribution in [0.15, 0.2) is 4.99 Å². The number of hydrogen-bond acceptors (Lipinski definition) is 5. The number of nitrogens with zero attached hydrogens (tertiary/aromatic N) is 3. The lowest BCUT2D eigenvalue weighted by Crippen LogP contribution is -2.49. The number of carbonyl (C=O) groups excluding carboxylic acids is 1. The average Bonchev–Trinajstić information content (AvgIpc) is 2.78. The summed E-state index contributed by atoms with van der Waals surface area (Å²) in [6.07, 6.45) is 10.5. The lowest BCUT2D eigenvalue weighted by molar-refractivity contribution is -0.139. The van der Waals surface area contributed by atoms with Gasteiger partial charge in [0, 0.05) is 31.8 Å². The third-order valence-electron chi connectivity index (χ3n) is 7.80. The molecule has 9 nitrogen and oxygen atoms in total. The fourth-order valence-corrected chi connectivity index (χ4v) is 6.15. The van der Waals surface area contributed by atoms with Gasteiger partial charge in [0.2, 0.25) is 0 Å². The van der Waals surface area contributed by atoms with Crippen molar-refractivity contribution in [1.29, 1.82) is 0 Å². The second-order valence-corrected chi connectivity index (χ2v) is 10.8. The molecule has 1 saturated carbocycles. The molecule has 5 atom stereocenters. The Kier molecular flexibility index (Phi) is 10.2. The van der Waals surface area contributed by atoms with Crippen LogP contribution in [0.4, 0.5) is 0 Å². The van der Waals surface area contributed by atoms with E-state index in [9.17, 15) is 9.59 Å². The summed E-state index contributed by atoms with van der Waals surface area (Å²) in [5.74, 6) is -0.0594. The number of aliphatic carboxylic acids is 1. The molecule has 3 rings (SSSR count). The number of amides is 1. The van der Waals surface area contributed by atoms with E-state index in [0.29, 0.717) is 19.1 Å². The number of aliphatic imine (C=N–C) groups is 1. The van der Waals surface area contributed by atoms with Crippen LogP contribution in [0.2, 0.25) is 0 Å². The van der Waals surface area contributed by atoms with Crippen molar-refractivity contribution in [2.75, 3.05) is 26.2 Å². The Morgan fingerprint density at radius 2 is 1.74 bits per heavy atom. The second-order valence-electron chi connectivity index (χ2n) is 10.8. The number of rotatable bonds is 8. The summed E-state index contributed by atoms with van der Waals surface area (Å²) in [5.41, 5.74) is 11.5. The highest BCUT2D eigenvalue weighted by Crippen LogP contribution is 2.35. The number of likely N-dealkylation sites (tertiary alicyclic amines) is 2. The predicted octanol–water partition coefficient (Wildman–Crippen LogP) is 2.18. The lowest BCUT2D eigenvalue weighted by Gasteiger charge is -2.45. The molecule has 9 heteroatoms. The van der Waals surface area contributed by atoms with E-state index in [1.165, 1.54) is 45.1 Å². The van der Waals surface area contributed by atoms with Gasteiger partial charge < -0.3 is 26.2 Å². The molecule has 1 aliphatic carbocycles. The zero-order valence-electron chi connectivity index (χ0n) is 21.0. The molecule has 2 aliphatic heterocycles. The van der Waals surface area contributed by atoms with Gasteiger partial charge in [0.15, 0.2) is 5.96 Å². The number of carboxylic acid groups (broad SMARTS) is 1. The van der Waals surface area contributed by atoms with E-state index in [0.717, 1.165) is 43.7 Å². The number of nitrogens with two attached hydrogens (primary N) is 2. The first-order valence-electron chi connectivity index (χ1n) is 13.2. The highest BCUT2D eigenvalue weighted by molar-refractivity contribution is 5.96. The normalized spacial score (nSPS) is 30.8. The molecule has 0 aromatic rings. The van der Waals surface area contributed by atoms with Crippen LogP contribution in [0, 0.1) is 11.8 Å². The Morgan fingerprint density at radius 3 is 2.38 bits per heavy atom. The van der Waals surface area contributed by atoms with Crippen LogP contribution in [-0.4, -0.2) is 83.2 Å². The van der Waals surface area contributed by atoms with Gasteiger partial charge in [0.1, 0.15) is 0 Å². The van der Waals surface area contributed by atoms with Crippen molar-refractivity contribution < 1.29 is 19.4 Å². The predicted molar refractivity (Wildman–Crippen MR) is 132 cm³/mol. The van der Waals surface area contributed by atoms with Gasteiger partial charge in [-0.2, -0.15) is 4.99 Å². The van der Waals surface area contributed by atoms with E-state index in [-0.39, 0.29) is 12.1 Å². The maximum Gasteiger partial charge on any atom is 0.305 e. The van der Waals surface area contributed by atoms with Crippen molar-refractivity contribution >= 4 is 17.8 Å². The summed E-state index contributed by atoms with van der Waals surface area (Å²) in [6.45, 7) is 8.17. The molecule has 2 heterocycles. The largest absolute Gasteiger partial charge is 0.481 e. The SMILES string of the molecule is C[C@@H]1CC(N2CCCC[C@H]2CCOC2CCN(C(N)=NC(=O)C(N)CC(=O)O)CC2)C[C@H](C)C1. The molecular weight excluding hydrogens is 434 g/mol. The van der Waals surface area contributed by atoms with Crippen LogP contribution >= 0.6 is 0 Å². The molecule has 0 radical (unpaired) electrons. The van der Waals surface area contributed by atoms with Gasteiger partial charge in [0.25, 0.3) is 5.91 Å². The molecule has 0 bridgehead atoms. The third kappa shape index (κ3) is 7.92. The number of ether oxygens (including phenoxy) is 1. The molecule has 2 saturated heterocycles. The summed E-state index contributed by atoms with van der Waals surface area (Å²) >= 11 is 0. The fourth-order valence-electron chi connectivity index (χ4n) is 6.15. The van der Waals surface area contributed by atoms with Crippen LogP contribution in [0.1, 0.15) is 78.1 Å². The smallest absolute Gasteiger partial charge is 0.305 e. The van der Waals surface area contributed by atoms with E-state index in [1.54, 1.807) is 0 Å². The molecule has 194 valence electrons. The van der Waals surface area contributed by atoms with Gasteiger partial charge in [0.05, 0.1) is 18.6 Å². The summed E-state index contributed by atoms with van der Waals surface area (Å²) in [7, 11) is 0. The standard InChI is InChI=1S/C25H45N5O4/c1-17-13-18(2)15-20(14-17)30-9-4-3-5-19(30)8-12-34-21-6-10-29(11-7-21)25(27)28-24(33)22(26)16-23(31)32/h17-22H,3-16,26H2,1-2H3,(H,31,32)(H2,27,28,33)/t17-,18+,19-,20?,22?/m0/s1. The maximum atomic E-state index is 12.0. The minimum atomic E-state index is -1.17. The number of carbonyl (C=O) groups is 2. The van der Waals surface area contributed by atoms with Gasteiger partial charge in [-0.25, -0.2) is 0 Å². The number of hydrogen-bond donors (Lipinski definition) is 3. The first-order chi connectivity index (χ1) is 16.2. The molecule has 0 spiro atoms. The van der Waals surface area contributed by atoms with Gasteiger partial charge in [-0.15, -0.1) is 0 Å². The van der Waals surface area contributed by atoms with Gasteiger partial charge in [-0.3, -0.25) is 14.5 Å². The number of carboxylic acids is 1. The summed E-state index contributed by atoms with van der Waals surface area (Å²) in [5, 5.41) is 8.76. The van der Waals surface area contributed by atoms with Crippen molar-refractivity contribution in [2.24, 2.45) is 28.3 Å². The molecular formula is C25H45N5O4. The zero-order chi connectivity index (χ0) is 24.7. The maximum absolute atomic E-state index is 12.0. The van der Waals surface area contributed by atoms with Crippen molar-refractivity contribution in [3.05, 3.63) is 0 Å². The topological polar surface area (TPSA) is 134 Å². The van der Waals surface area contributed by atoms with E-state index < -0.39 is 24.3 Å². The van der Waals surface area contributed by atoms with Gasteiger partial charge >= 0.3 is 5.97 Å². The molecule has 5 N–H and O–H groups in total. The van der Waals surface area contributed by atoms with Crippen molar-refractivity contribution in [3.63, 3.8) is 0 Å². The molecule has 1 amide bonds. The quantitative estimate of drug-likeness (QED) is 0.356. The third-order valence-corrected chi connectivity index (χ3v) is 7.80. The lowest BCUT2D eigenvalue weighted by atomic mass is 9.78. The highest BCUT2D eigenvalue weighted by Gasteiger charge is 2.33. The number of guanidine groups is 1. The van der Waals surface area contributed by atoms with E-state index >= 15 is 0 Å². The molecule has 0 aromatic carbocycles. The van der Waals surface area contributed by atoms with Crippen LogP contribution in [-0.2, 0) is 14.3 Å². The van der Waals surface area contributed by atoms with Crippen molar-refractivity contribution in [1.82, 2.24) is 9.80 Å². The number of piperidine rings is 2. The first kappa shape index (κ1) is 26.9. The molecule has 2 unspecified atom stereocenters. The van der Waals surface area contributed by atoms with Gasteiger partial charge in [-0.05, 0) is 69.7 Å². The Bertz CT molecular complexity index is 699. The monoisotopic (exact) mass is 479 g/mol. The Balaban J connectivity index is 1.40. The second kappa shape index (κ2) is 12.8. The molecule has 3 fully saturated rings. The Labute approximate surface area is 204 Å². The minimum Gasteiger partial charge on any atom is -0.481 e. The van der Waals surface area contributed by atoms with Crippen LogP contribution in [0.25, 0.3) is 0 Å². The summed E-state index contributed by atoms with van der Waals surface area (Å²) in [4.78, 5) is 31.1. The van der Waals surface area contributed by atoms with E-state index in [1.807, 2.05) is 4.90 Å². The molecule has 34 heavy (non-hydrogen) atoms. The van der Waals surface area contributed by atoms with Crippen molar-refractivity contribution in [3.8, 4) is 0 Å².